The largest absolute Gasteiger partial charge is 0.303 e. The smallest absolute Gasteiger partial charge is 0.00506 e. The molecule has 1 saturated heterocycles. The van der Waals surface area contributed by atoms with Crippen molar-refractivity contribution in [3.8, 4) is 0 Å². The zero-order chi connectivity index (χ0) is 11.7. The quantitative estimate of drug-likeness (QED) is 0.754. The van der Waals surface area contributed by atoms with Gasteiger partial charge in [-0.05, 0) is 41.8 Å². The first-order chi connectivity index (χ1) is 8.36. The van der Waals surface area contributed by atoms with Crippen molar-refractivity contribution < 1.29 is 0 Å². The van der Waals surface area contributed by atoms with Crippen LogP contribution in [0.15, 0.2) is 42.5 Å². The Balaban J connectivity index is 1.91. The lowest BCUT2D eigenvalue weighted by molar-refractivity contribution is 0.354. The minimum Gasteiger partial charge on any atom is -0.303 e. The zero-order valence-corrected chi connectivity index (χ0v) is 10.4. The van der Waals surface area contributed by atoms with Gasteiger partial charge in [0.25, 0.3) is 0 Å². The number of likely N-dealkylation sites (tertiary alicyclic amines) is 1. The molecule has 2 aromatic rings. The van der Waals surface area contributed by atoms with E-state index in [0.717, 1.165) is 5.92 Å². The van der Waals surface area contributed by atoms with Gasteiger partial charge in [0.2, 0.25) is 0 Å². The molecule has 0 spiro atoms. The number of fused-ring (bicyclic) bond motifs is 1. The highest BCUT2D eigenvalue weighted by Crippen LogP contribution is 2.29. The predicted octanol–water partition coefficient (Wildman–Crippen LogP) is 3.65. The van der Waals surface area contributed by atoms with Gasteiger partial charge in [-0.1, -0.05) is 49.4 Å². The molecule has 1 heteroatoms. The van der Waals surface area contributed by atoms with Crippen molar-refractivity contribution >= 4 is 10.8 Å². The summed E-state index contributed by atoms with van der Waals surface area (Å²) in [7, 11) is 0. The Labute approximate surface area is 103 Å². The molecular formula is C16H19N. The average molecular weight is 225 g/mol. The monoisotopic (exact) mass is 225 g/mol. The summed E-state index contributed by atoms with van der Waals surface area (Å²) in [6.45, 7) is 5.93. The topological polar surface area (TPSA) is 3.24 Å². The Bertz CT molecular complexity index is 518. The Morgan fingerprint density at radius 1 is 1.12 bits per heavy atom. The van der Waals surface area contributed by atoms with Gasteiger partial charge in [-0.2, -0.15) is 0 Å². The first-order valence-corrected chi connectivity index (χ1v) is 6.58. The van der Waals surface area contributed by atoms with Crippen LogP contribution in [0.1, 0.15) is 24.8 Å². The molecule has 0 aromatic heterocycles. The summed E-state index contributed by atoms with van der Waals surface area (Å²) in [6.07, 6.45) is 1.31. The van der Waals surface area contributed by atoms with Gasteiger partial charge in [0.05, 0.1) is 0 Å². The molecule has 1 atom stereocenters. The maximum atomic E-state index is 2.54. The fourth-order valence-corrected chi connectivity index (χ4v) is 2.85. The maximum Gasteiger partial charge on any atom is 0.00506 e. The summed E-state index contributed by atoms with van der Waals surface area (Å²) in [5, 5.41) is 2.72. The lowest BCUT2D eigenvalue weighted by Gasteiger charge is -2.13. The highest BCUT2D eigenvalue weighted by Gasteiger charge is 2.22. The summed E-state index contributed by atoms with van der Waals surface area (Å²) in [5.41, 5.74) is 1.51. The molecule has 0 N–H and O–H groups in total. The normalized spacial score (nSPS) is 21.1. The van der Waals surface area contributed by atoms with E-state index in [9.17, 15) is 0 Å². The first-order valence-electron chi connectivity index (χ1n) is 6.58. The van der Waals surface area contributed by atoms with Crippen molar-refractivity contribution in [3.05, 3.63) is 48.0 Å². The number of likely N-dealkylation sites (N-methyl/N-ethyl adjacent to an activating group) is 1. The van der Waals surface area contributed by atoms with E-state index >= 15 is 0 Å². The van der Waals surface area contributed by atoms with E-state index in [4.69, 9.17) is 0 Å². The Hall–Kier alpha value is -1.34. The van der Waals surface area contributed by atoms with Crippen molar-refractivity contribution in [3.63, 3.8) is 0 Å². The maximum absolute atomic E-state index is 2.54. The molecule has 1 nitrogen and oxygen atoms in total. The second-order valence-corrected chi connectivity index (χ2v) is 4.99. The molecule has 1 aliphatic heterocycles. The Morgan fingerprint density at radius 2 is 1.94 bits per heavy atom. The van der Waals surface area contributed by atoms with Gasteiger partial charge in [-0.25, -0.2) is 0 Å². The van der Waals surface area contributed by atoms with Crippen molar-refractivity contribution in [2.24, 2.45) is 0 Å². The number of hydrogen-bond acceptors (Lipinski definition) is 1. The lowest BCUT2D eigenvalue weighted by atomic mass is 9.96. The molecule has 0 amide bonds. The molecule has 1 aliphatic rings. The molecule has 1 fully saturated rings. The van der Waals surface area contributed by atoms with Crippen molar-refractivity contribution in [2.75, 3.05) is 19.6 Å². The molecule has 0 aliphatic carbocycles. The van der Waals surface area contributed by atoms with Crippen LogP contribution in [0.5, 0.6) is 0 Å². The molecule has 2 aromatic carbocycles. The second kappa shape index (κ2) is 4.50. The highest BCUT2D eigenvalue weighted by atomic mass is 15.1. The summed E-state index contributed by atoms with van der Waals surface area (Å²) in [4.78, 5) is 2.54. The van der Waals surface area contributed by atoms with Crippen LogP contribution in [0.25, 0.3) is 10.8 Å². The molecule has 3 rings (SSSR count). The molecule has 17 heavy (non-hydrogen) atoms. The van der Waals surface area contributed by atoms with Gasteiger partial charge in [0.15, 0.2) is 0 Å². The number of benzene rings is 2. The van der Waals surface area contributed by atoms with Gasteiger partial charge in [-0.15, -0.1) is 0 Å². The third-order valence-corrected chi connectivity index (χ3v) is 3.96. The van der Waals surface area contributed by atoms with Crippen LogP contribution in [0, 0.1) is 0 Å². The second-order valence-electron chi connectivity index (χ2n) is 4.99. The molecular weight excluding hydrogens is 206 g/mol. The zero-order valence-electron chi connectivity index (χ0n) is 10.4. The van der Waals surface area contributed by atoms with Crippen LogP contribution in [0.2, 0.25) is 0 Å². The van der Waals surface area contributed by atoms with E-state index in [0.29, 0.717) is 0 Å². The number of rotatable bonds is 2. The Kier molecular flexibility index (Phi) is 2.86. The van der Waals surface area contributed by atoms with Gasteiger partial charge < -0.3 is 4.90 Å². The van der Waals surface area contributed by atoms with Gasteiger partial charge in [-0.3, -0.25) is 0 Å². The van der Waals surface area contributed by atoms with Crippen LogP contribution in [0.4, 0.5) is 0 Å². The molecule has 88 valence electrons. The predicted molar refractivity (Wildman–Crippen MR) is 73.4 cm³/mol. The van der Waals surface area contributed by atoms with Crippen molar-refractivity contribution in [2.45, 2.75) is 19.3 Å². The van der Waals surface area contributed by atoms with Crippen molar-refractivity contribution in [1.29, 1.82) is 0 Å². The van der Waals surface area contributed by atoms with Crippen LogP contribution in [-0.2, 0) is 0 Å². The summed E-state index contributed by atoms with van der Waals surface area (Å²) < 4.78 is 0. The lowest BCUT2D eigenvalue weighted by Crippen LogP contribution is -2.19. The van der Waals surface area contributed by atoms with E-state index in [1.54, 1.807) is 0 Å². The first kappa shape index (κ1) is 10.8. The minimum absolute atomic E-state index is 0.736. The fourth-order valence-electron chi connectivity index (χ4n) is 2.85. The molecule has 1 heterocycles. The molecule has 0 radical (unpaired) electrons. The molecule has 1 unspecified atom stereocenters. The standard InChI is InChI=1S/C16H19N/c1-2-17-10-9-16(12-17)15-8-7-13-5-3-4-6-14(13)11-15/h3-8,11,16H,2,9-10,12H2,1H3. The molecule has 0 bridgehead atoms. The van der Waals surface area contributed by atoms with Crippen LogP contribution >= 0.6 is 0 Å². The van der Waals surface area contributed by atoms with Gasteiger partial charge >= 0.3 is 0 Å². The number of hydrogen-bond donors (Lipinski definition) is 0. The molecule has 0 saturated carbocycles. The van der Waals surface area contributed by atoms with E-state index in [2.05, 4.69) is 54.3 Å². The third-order valence-electron chi connectivity index (χ3n) is 3.96. The van der Waals surface area contributed by atoms with E-state index in [-0.39, 0.29) is 0 Å². The third kappa shape index (κ3) is 2.07. The highest BCUT2D eigenvalue weighted by molar-refractivity contribution is 5.83. The van der Waals surface area contributed by atoms with Crippen LogP contribution < -0.4 is 0 Å². The van der Waals surface area contributed by atoms with Gasteiger partial charge in [0.1, 0.15) is 0 Å². The van der Waals surface area contributed by atoms with Gasteiger partial charge in [0, 0.05) is 6.54 Å². The average Bonchev–Trinajstić information content (AvgIpc) is 2.87. The van der Waals surface area contributed by atoms with E-state index < -0.39 is 0 Å². The van der Waals surface area contributed by atoms with Crippen LogP contribution in [-0.4, -0.2) is 24.5 Å². The number of nitrogens with zero attached hydrogens (tertiary/aromatic N) is 1. The van der Waals surface area contributed by atoms with E-state index in [1.165, 1.54) is 42.4 Å². The van der Waals surface area contributed by atoms with Crippen LogP contribution in [0.3, 0.4) is 0 Å². The van der Waals surface area contributed by atoms with Crippen molar-refractivity contribution in [1.82, 2.24) is 4.90 Å². The minimum atomic E-state index is 0.736. The summed E-state index contributed by atoms with van der Waals surface area (Å²) in [5.74, 6) is 0.736. The van der Waals surface area contributed by atoms with E-state index in [1.807, 2.05) is 0 Å². The Morgan fingerprint density at radius 3 is 2.71 bits per heavy atom. The summed E-state index contributed by atoms with van der Waals surface area (Å²) >= 11 is 0. The fraction of sp³-hybridized carbons (Fsp3) is 0.375. The summed E-state index contributed by atoms with van der Waals surface area (Å²) in [6, 6.07) is 15.6. The SMILES string of the molecule is CCN1CCC(c2ccc3ccccc3c2)C1.